The number of nitrogens with zero attached hydrogens (tertiary/aromatic N) is 2. The molecule has 0 saturated carbocycles. The first kappa shape index (κ1) is 19.7. The Kier molecular flexibility index (Phi) is 5.77. The van der Waals surface area contributed by atoms with Crippen LogP contribution in [0.3, 0.4) is 0 Å². The van der Waals surface area contributed by atoms with Crippen LogP contribution in [0.25, 0.3) is 22.6 Å². The molecule has 6 heteroatoms. The van der Waals surface area contributed by atoms with E-state index in [4.69, 9.17) is 4.42 Å². The highest BCUT2D eigenvalue weighted by Gasteiger charge is 2.16. The fourth-order valence-electron chi connectivity index (χ4n) is 2.93. The van der Waals surface area contributed by atoms with Gasteiger partial charge in [-0.25, -0.2) is 9.37 Å². The van der Waals surface area contributed by atoms with Crippen molar-refractivity contribution in [2.75, 3.05) is 0 Å². The summed E-state index contributed by atoms with van der Waals surface area (Å²) in [5, 5.41) is 0. The van der Waals surface area contributed by atoms with E-state index in [2.05, 4.69) is 34.8 Å². The molecule has 2 aromatic carbocycles. The summed E-state index contributed by atoms with van der Waals surface area (Å²) in [5.74, 6) is 0.336. The van der Waals surface area contributed by atoms with Gasteiger partial charge in [0.2, 0.25) is 5.89 Å². The third-order valence-electron chi connectivity index (χ3n) is 4.45. The molecular weight excluding hydrogens is 475 g/mol. The predicted octanol–water partition coefficient (Wildman–Crippen LogP) is 2.35. The first-order valence-electron chi connectivity index (χ1n) is 8.31. The van der Waals surface area contributed by atoms with Crippen LogP contribution in [0.1, 0.15) is 16.7 Å². The van der Waals surface area contributed by atoms with Crippen molar-refractivity contribution < 1.29 is 30.4 Å². The minimum absolute atomic E-state index is 0. The summed E-state index contributed by atoms with van der Waals surface area (Å²) >= 11 is 3.53. The van der Waals surface area contributed by atoms with E-state index in [-0.39, 0.29) is 22.8 Å². The Morgan fingerprint density at radius 3 is 2.59 bits per heavy atom. The summed E-state index contributed by atoms with van der Waals surface area (Å²) in [6, 6.07) is 12.8. The number of pyridine rings is 1. The Balaban J connectivity index is 0.00000210. The number of aromatic nitrogens is 2. The van der Waals surface area contributed by atoms with Gasteiger partial charge in [-0.3, -0.25) is 0 Å². The number of fused-ring (bicyclic) bond motifs is 1. The Labute approximate surface area is 175 Å². The monoisotopic (exact) mass is 490 g/mol. The van der Waals surface area contributed by atoms with E-state index >= 15 is 0 Å². The van der Waals surface area contributed by atoms with Crippen molar-refractivity contribution in [3.63, 3.8) is 0 Å². The molecule has 4 rings (SSSR count). The highest BCUT2D eigenvalue weighted by atomic mass is 79.9. The molecule has 2 heterocycles. The number of hydrogen-bond donors (Lipinski definition) is 0. The van der Waals surface area contributed by atoms with Crippen LogP contribution in [0, 0.1) is 19.7 Å². The maximum absolute atomic E-state index is 14.0. The molecule has 0 N–H and O–H groups in total. The largest absolute Gasteiger partial charge is 1.00 e. The van der Waals surface area contributed by atoms with Gasteiger partial charge in [0, 0.05) is 0 Å². The summed E-state index contributed by atoms with van der Waals surface area (Å²) < 4.78 is 22.7. The third kappa shape index (κ3) is 4.12. The first-order chi connectivity index (χ1) is 12.5. The van der Waals surface area contributed by atoms with E-state index in [9.17, 15) is 4.39 Å². The van der Waals surface area contributed by atoms with E-state index < -0.39 is 0 Å². The average molecular weight is 492 g/mol. The lowest BCUT2D eigenvalue weighted by molar-refractivity contribution is -0.688. The smallest absolute Gasteiger partial charge is 0.233 e. The van der Waals surface area contributed by atoms with Gasteiger partial charge < -0.3 is 21.4 Å². The minimum Gasteiger partial charge on any atom is -1.00 e. The first-order valence-corrected chi connectivity index (χ1v) is 9.10. The molecule has 138 valence electrons. The lowest BCUT2D eigenvalue weighted by atomic mass is 10.1. The van der Waals surface area contributed by atoms with Crippen LogP contribution in [-0.4, -0.2) is 4.98 Å². The van der Waals surface area contributed by atoms with E-state index in [1.807, 2.05) is 41.2 Å². The zero-order valence-electron chi connectivity index (χ0n) is 14.8. The summed E-state index contributed by atoms with van der Waals surface area (Å²) in [6.07, 6.45) is 3.83. The molecule has 0 aliphatic carbocycles. The zero-order chi connectivity index (χ0) is 18.3. The average Bonchev–Trinajstić information content (AvgIpc) is 3.00. The molecule has 0 spiro atoms. The summed E-state index contributed by atoms with van der Waals surface area (Å²) in [7, 11) is 0. The summed E-state index contributed by atoms with van der Waals surface area (Å²) in [5.41, 5.74) is 5.42. The van der Waals surface area contributed by atoms with Crippen molar-refractivity contribution >= 4 is 27.0 Å². The van der Waals surface area contributed by atoms with Crippen molar-refractivity contribution in [2.24, 2.45) is 0 Å². The van der Waals surface area contributed by atoms with Gasteiger partial charge in [-0.15, -0.1) is 0 Å². The van der Waals surface area contributed by atoms with E-state index in [1.165, 1.54) is 17.2 Å². The molecule has 0 saturated heterocycles. The maximum atomic E-state index is 14.0. The topological polar surface area (TPSA) is 29.9 Å². The molecule has 0 amide bonds. The van der Waals surface area contributed by atoms with Crippen LogP contribution in [0.2, 0.25) is 0 Å². The van der Waals surface area contributed by atoms with Gasteiger partial charge in [0.05, 0.1) is 10.0 Å². The standard InChI is InChI=1S/C21H17BrFN2O.BrH/c1-13-7-19-20(8-14(13)2)26-21(24-19)16-9-17(22)12-25(11-16)10-15-5-3-4-6-18(15)23;/h3-9,11-12H,10H2,1-2H3;1H/q+1;/p-1. The third-order valence-corrected chi connectivity index (χ3v) is 4.88. The molecule has 0 aliphatic heterocycles. The van der Waals surface area contributed by atoms with Crippen molar-refractivity contribution in [3.8, 4) is 11.5 Å². The van der Waals surface area contributed by atoms with Crippen LogP contribution < -0.4 is 21.5 Å². The van der Waals surface area contributed by atoms with Crippen LogP contribution in [0.15, 0.2) is 63.7 Å². The molecule has 2 aromatic heterocycles. The van der Waals surface area contributed by atoms with Gasteiger partial charge in [0.25, 0.3) is 0 Å². The second-order valence-corrected chi connectivity index (χ2v) is 7.35. The molecule has 0 radical (unpaired) electrons. The van der Waals surface area contributed by atoms with Gasteiger partial charge in [-0.1, -0.05) is 12.1 Å². The SMILES string of the molecule is Cc1cc2nc(-c3cc(Br)c[n+](Cc4ccccc4F)c3)oc2cc1C.[Br-]. The maximum Gasteiger partial charge on any atom is 0.233 e. The van der Waals surface area contributed by atoms with Gasteiger partial charge in [0.1, 0.15) is 16.9 Å². The zero-order valence-corrected chi connectivity index (χ0v) is 18.0. The van der Waals surface area contributed by atoms with Crippen LogP contribution in [-0.2, 0) is 6.54 Å². The molecule has 0 atom stereocenters. The number of oxazole rings is 1. The van der Waals surface area contributed by atoms with Crippen LogP contribution in [0.5, 0.6) is 0 Å². The van der Waals surface area contributed by atoms with E-state index in [0.29, 0.717) is 18.0 Å². The number of benzene rings is 2. The van der Waals surface area contributed by atoms with Crippen molar-refractivity contribution in [2.45, 2.75) is 20.4 Å². The predicted molar refractivity (Wildman–Crippen MR) is 102 cm³/mol. The molecular formula is C21H17Br2FN2O. The van der Waals surface area contributed by atoms with Crippen molar-refractivity contribution in [1.29, 1.82) is 0 Å². The molecule has 27 heavy (non-hydrogen) atoms. The molecule has 3 nitrogen and oxygen atoms in total. The molecule has 0 fully saturated rings. The summed E-state index contributed by atoms with van der Waals surface area (Å²) in [6.45, 7) is 4.54. The molecule has 0 bridgehead atoms. The quantitative estimate of drug-likeness (QED) is 0.412. The highest BCUT2D eigenvalue weighted by Crippen LogP contribution is 2.27. The van der Waals surface area contributed by atoms with E-state index in [0.717, 1.165) is 21.1 Å². The number of hydrogen-bond acceptors (Lipinski definition) is 2. The number of rotatable bonds is 3. The van der Waals surface area contributed by atoms with Crippen LogP contribution >= 0.6 is 15.9 Å². The Morgan fingerprint density at radius 2 is 1.81 bits per heavy atom. The lowest BCUT2D eigenvalue weighted by Gasteiger charge is -2.02. The Bertz CT molecular complexity index is 1090. The highest BCUT2D eigenvalue weighted by molar-refractivity contribution is 9.10. The fourth-order valence-corrected chi connectivity index (χ4v) is 3.44. The van der Waals surface area contributed by atoms with Crippen LogP contribution in [0.4, 0.5) is 4.39 Å². The Morgan fingerprint density at radius 1 is 1.07 bits per heavy atom. The molecule has 0 unspecified atom stereocenters. The van der Waals surface area contributed by atoms with Gasteiger partial charge in [-0.2, -0.15) is 4.57 Å². The normalized spacial score (nSPS) is 10.8. The molecule has 0 aliphatic rings. The van der Waals surface area contributed by atoms with Gasteiger partial charge in [0.15, 0.2) is 24.5 Å². The number of aryl methyl sites for hydroxylation is 2. The Hall–Kier alpha value is -2.05. The van der Waals surface area contributed by atoms with Crippen molar-refractivity contribution in [1.82, 2.24) is 4.98 Å². The minimum atomic E-state index is -0.214. The second-order valence-electron chi connectivity index (χ2n) is 6.43. The molecule has 4 aromatic rings. The van der Waals surface area contributed by atoms with Gasteiger partial charge >= 0.3 is 0 Å². The second kappa shape index (κ2) is 7.90. The van der Waals surface area contributed by atoms with Gasteiger partial charge in [-0.05, 0) is 71.2 Å². The summed E-state index contributed by atoms with van der Waals surface area (Å²) in [4.78, 5) is 4.62. The van der Waals surface area contributed by atoms with E-state index in [1.54, 1.807) is 12.1 Å². The fraction of sp³-hybridized carbons (Fsp3) is 0.143. The number of halogens is 3. The van der Waals surface area contributed by atoms with Crippen molar-refractivity contribution in [3.05, 3.63) is 81.8 Å². The lowest BCUT2D eigenvalue weighted by Crippen LogP contribution is -3.00.